The van der Waals surface area contributed by atoms with Gasteiger partial charge in [-0.25, -0.2) is 4.39 Å². The number of amides is 2. The van der Waals surface area contributed by atoms with Crippen LogP contribution in [0.5, 0.6) is 5.75 Å². The molecule has 0 unspecified atom stereocenters. The Morgan fingerprint density at radius 1 is 1.10 bits per heavy atom. The number of hydrogen-bond donors (Lipinski definition) is 1. The largest absolute Gasteiger partial charge is 0.481 e. The van der Waals surface area contributed by atoms with Gasteiger partial charge in [0, 0.05) is 28.2 Å². The molecular formula is C22H25Cl2FN2O3. The number of nitrogens with one attached hydrogen (secondary N) is 1. The summed E-state index contributed by atoms with van der Waals surface area (Å²) in [5.41, 5.74) is 0.517. The fraction of sp³-hybridized carbons (Fsp3) is 0.364. The Labute approximate surface area is 186 Å². The first-order valence-electron chi connectivity index (χ1n) is 9.64. The topological polar surface area (TPSA) is 58.6 Å². The summed E-state index contributed by atoms with van der Waals surface area (Å²) in [5.74, 6) is -1.43. The van der Waals surface area contributed by atoms with Crippen LogP contribution in [0, 0.1) is 5.82 Å². The highest BCUT2D eigenvalue weighted by molar-refractivity contribution is 6.36. The lowest BCUT2D eigenvalue weighted by molar-refractivity contribution is -0.142. The van der Waals surface area contributed by atoms with Gasteiger partial charge >= 0.3 is 0 Å². The van der Waals surface area contributed by atoms with Crippen molar-refractivity contribution in [1.29, 1.82) is 0 Å². The fourth-order valence-corrected chi connectivity index (χ4v) is 3.20. The molecule has 0 heterocycles. The van der Waals surface area contributed by atoms with Gasteiger partial charge in [-0.2, -0.15) is 0 Å². The minimum atomic E-state index is -0.817. The van der Waals surface area contributed by atoms with Crippen molar-refractivity contribution < 1.29 is 18.7 Å². The number of para-hydroxylation sites is 1. The number of hydrogen-bond acceptors (Lipinski definition) is 3. The number of rotatable bonds is 9. The summed E-state index contributed by atoms with van der Waals surface area (Å²) in [7, 11) is 0. The first kappa shape index (κ1) is 24.0. The molecule has 2 aromatic carbocycles. The third-order valence-electron chi connectivity index (χ3n) is 4.75. The monoisotopic (exact) mass is 454 g/mol. The lowest BCUT2D eigenvalue weighted by atomic mass is 10.1. The van der Waals surface area contributed by atoms with Crippen LogP contribution in [0.1, 0.15) is 32.8 Å². The van der Waals surface area contributed by atoms with Gasteiger partial charge < -0.3 is 15.0 Å². The lowest BCUT2D eigenvalue weighted by Crippen LogP contribution is -2.50. The van der Waals surface area contributed by atoms with Crippen LogP contribution in [0.2, 0.25) is 10.0 Å². The van der Waals surface area contributed by atoms with E-state index in [2.05, 4.69) is 5.32 Å². The number of ether oxygens (including phenoxy) is 1. The molecule has 0 bridgehead atoms. The molecule has 0 aromatic heterocycles. The Morgan fingerprint density at radius 2 is 1.73 bits per heavy atom. The molecule has 0 spiro atoms. The molecule has 2 amide bonds. The van der Waals surface area contributed by atoms with Gasteiger partial charge in [-0.15, -0.1) is 0 Å². The SMILES string of the molecule is CC[C@@H](C)NC(=O)[C@H](C)N(Cc1c(Cl)cccc1Cl)C(=O)COc1ccccc1F. The zero-order valence-corrected chi connectivity index (χ0v) is 18.6. The summed E-state index contributed by atoms with van der Waals surface area (Å²) in [6.45, 7) is 5.01. The Kier molecular flexibility index (Phi) is 8.93. The molecule has 1 N–H and O–H groups in total. The third-order valence-corrected chi connectivity index (χ3v) is 5.45. The Hall–Kier alpha value is -2.31. The third kappa shape index (κ3) is 6.34. The summed E-state index contributed by atoms with van der Waals surface area (Å²) in [6, 6.07) is 9.94. The number of nitrogens with zero attached hydrogens (tertiary/aromatic N) is 1. The summed E-state index contributed by atoms with van der Waals surface area (Å²) in [5, 5.41) is 3.62. The molecule has 0 aliphatic rings. The maximum Gasteiger partial charge on any atom is 0.261 e. The maximum atomic E-state index is 13.8. The normalized spacial score (nSPS) is 12.7. The van der Waals surface area contributed by atoms with Crippen LogP contribution in [0.25, 0.3) is 0 Å². The minimum Gasteiger partial charge on any atom is -0.481 e. The second-order valence-electron chi connectivity index (χ2n) is 6.93. The predicted octanol–water partition coefficient (Wildman–Crippen LogP) is 4.84. The number of halogens is 3. The van der Waals surface area contributed by atoms with Gasteiger partial charge in [0.25, 0.3) is 5.91 Å². The van der Waals surface area contributed by atoms with Crippen LogP contribution in [-0.2, 0) is 16.1 Å². The van der Waals surface area contributed by atoms with Crippen LogP contribution >= 0.6 is 23.2 Å². The summed E-state index contributed by atoms with van der Waals surface area (Å²) in [6.07, 6.45) is 0.749. The van der Waals surface area contributed by atoms with Gasteiger partial charge in [0.15, 0.2) is 18.2 Å². The molecule has 0 aliphatic heterocycles. The Bertz CT molecular complexity index is 874. The first-order chi connectivity index (χ1) is 14.2. The summed E-state index contributed by atoms with van der Waals surface area (Å²) < 4.78 is 19.2. The Balaban J connectivity index is 2.24. The quantitative estimate of drug-likeness (QED) is 0.589. The molecular weight excluding hydrogens is 430 g/mol. The molecule has 0 radical (unpaired) electrons. The molecule has 8 heteroatoms. The number of benzene rings is 2. The van der Waals surface area contributed by atoms with Crippen LogP contribution in [0.4, 0.5) is 4.39 Å². The first-order valence-corrected chi connectivity index (χ1v) is 10.4. The highest BCUT2D eigenvalue weighted by atomic mass is 35.5. The molecule has 162 valence electrons. The highest BCUT2D eigenvalue weighted by Crippen LogP contribution is 2.26. The van der Waals surface area contributed by atoms with Crippen LogP contribution in [0.3, 0.4) is 0 Å². The van der Waals surface area contributed by atoms with Crippen molar-refractivity contribution in [1.82, 2.24) is 10.2 Å². The smallest absolute Gasteiger partial charge is 0.261 e. The molecule has 2 aromatic rings. The van der Waals surface area contributed by atoms with Crippen molar-refractivity contribution in [3.63, 3.8) is 0 Å². The van der Waals surface area contributed by atoms with E-state index in [1.807, 2.05) is 13.8 Å². The van der Waals surface area contributed by atoms with Crippen molar-refractivity contribution >= 4 is 35.0 Å². The van der Waals surface area contributed by atoms with Crippen LogP contribution < -0.4 is 10.1 Å². The summed E-state index contributed by atoms with van der Waals surface area (Å²) in [4.78, 5) is 27.0. The molecule has 2 rings (SSSR count). The predicted molar refractivity (Wildman–Crippen MR) is 116 cm³/mol. The molecule has 30 heavy (non-hydrogen) atoms. The zero-order chi connectivity index (χ0) is 22.3. The van der Waals surface area contributed by atoms with Gasteiger partial charge in [-0.05, 0) is 44.5 Å². The van der Waals surface area contributed by atoms with E-state index in [1.54, 1.807) is 31.2 Å². The number of carbonyl (C=O) groups is 2. The molecule has 2 atom stereocenters. The standard InChI is InChI=1S/C22H25Cl2FN2O3/c1-4-14(2)26-22(29)15(3)27(12-16-17(23)8-7-9-18(16)24)21(28)13-30-20-11-6-5-10-19(20)25/h5-11,14-15H,4,12-13H2,1-3H3,(H,26,29)/t14-,15+/m1/s1. The van der Waals surface area contributed by atoms with Gasteiger partial charge in [0.1, 0.15) is 6.04 Å². The van der Waals surface area contributed by atoms with E-state index in [-0.39, 0.29) is 24.2 Å². The molecule has 0 fully saturated rings. The fourth-order valence-electron chi connectivity index (χ4n) is 2.69. The van der Waals surface area contributed by atoms with E-state index in [1.165, 1.54) is 23.1 Å². The van der Waals surface area contributed by atoms with E-state index in [4.69, 9.17) is 27.9 Å². The zero-order valence-electron chi connectivity index (χ0n) is 17.1. The average Bonchev–Trinajstić information content (AvgIpc) is 2.72. The van der Waals surface area contributed by atoms with Crippen molar-refractivity contribution in [2.45, 2.75) is 45.8 Å². The molecule has 5 nitrogen and oxygen atoms in total. The van der Waals surface area contributed by atoms with E-state index < -0.39 is 24.4 Å². The minimum absolute atomic E-state index is 0.00701. The van der Waals surface area contributed by atoms with Crippen molar-refractivity contribution in [2.24, 2.45) is 0 Å². The Morgan fingerprint density at radius 3 is 2.33 bits per heavy atom. The van der Waals surface area contributed by atoms with Gasteiger partial charge in [-0.1, -0.05) is 48.3 Å². The van der Waals surface area contributed by atoms with E-state index >= 15 is 0 Å². The van der Waals surface area contributed by atoms with E-state index in [0.29, 0.717) is 15.6 Å². The van der Waals surface area contributed by atoms with Crippen LogP contribution in [0.15, 0.2) is 42.5 Å². The van der Waals surface area contributed by atoms with Crippen molar-refractivity contribution in [3.8, 4) is 5.75 Å². The molecule has 0 aliphatic carbocycles. The van der Waals surface area contributed by atoms with Gasteiger partial charge in [0.2, 0.25) is 5.91 Å². The van der Waals surface area contributed by atoms with E-state index in [0.717, 1.165) is 6.42 Å². The second kappa shape index (κ2) is 11.2. The summed E-state index contributed by atoms with van der Waals surface area (Å²) >= 11 is 12.5. The number of carbonyl (C=O) groups excluding carboxylic acids is 2. The van der Waals surface area contributed by atoms with Crippen molar-refractivity contribution in [3.05, 3.63) is 63.9 Å². The molecule has 0 saturated carbocycles. The van der Waals surface area contributed by atoms with Gasteiger partial charge in [0.05, 0.1) is 0 Å². The molecule has 0 saturated heterocycles. The highest BCUT2D eigenvalue weighted by Gasteiger charge is 2.28. The van der Waals surface area contributed by atoms with Crippen LogP contribution in [-0.4, -0.2) is 35.4 Å². The second-order valence-corrected chi connectivity index (χ2v) is 7.75. The van der Waals surface area contributed by atoms with Crippen molar-refractivity contribution in [2.75, 3.05) is 6.61 Å². The van der Waals surface area contributed by atoms with Gasteiger partial charge in [-0.3, -0.25) is 9.59 Å². The maximum absolute atomic E-state index is 13.8. The van der Waals surface area contributed by atoms with E-state index in [9.17, 15) is 14.0 Å². The average molecular weight is 455 g/mol. The lowest BCUT2D eigenvalue weighted by Gasteiger charge is -2.30.